The van der Waals surface area contributed by atoms with Gasteiger partial charge in [0.15, 0.2) is 0 Å². The molecule has 5 aromatic carbocycles. The molecule has 1 nitrogen and oxygen atoms in total. The number of anilines is 2. The smallest absolute Gasteiger partial charge is 0.0565 e. The SMILES string of the molecule is C=Cc1cccc(C2=CC(N(c3ccccc3)c3ccc(/C=C\C4C=CC(c5cccc(-c6ccccc6C)c5C)=C(C)C4C)cc3)CC=C2)c1C1=C(C)C=CCC1. The number of hydrogen-bond acceptors (Lipinski definition) is 1. The Balaban J connectivity index is 1.05. The molecule has 0 saturated heterocycles. The van der Waals surface area contributed by atoms with Crippen LogP contribution in [0.2, 0.25) is 0 Å². The first-order chi connectivity index (χ1) is 28.3. The van der Waals surface area contributed by atoms with E-state index in [4.69, 9.17) is 0 Å². The zero-order chi connectivity index (χ0) is 40.2. The summed E-state index contributed by atoms with van der Waals surface area (Å²) in [6.07, 6.45) is 26.2. The molecule has 3 unspecified atom stereocenters. The Labute approximate surface area is 347 Å². The van der Waals surface area contributed by atoms with Gasteiger partial charge in [0.05, 0.1) is 6.04 Å². The Morgan fingerprint density at radius 3 is 2.16 bits per heavy atom. The van der Waals surface area contributed by atoms with E-state index in [1.807, 2.05) is 6.08 Å². The van der Waals surface area contributed by atoms with Gasteiger partial charge in [0.2, 0.25) is 0 Å². The second-order valence-electron chi connectivity index (χ2n) is 16.2. The van der Waals surface area contributed by atoms with E-state index >= 15 is 0 Å². The lowest BCUT2D eigenvalue weighted by Gasteiger charge is -2.34. The molecule has 0 aromatic heterocycles. The Morgan fingerprint density at radius 2 is 1.38 bits per heavy atom. The fourth-order valence-electron chi connectivity index (χ4n) is 9.21. The number of benzene rings is 5. The van der Waals surface area contributed by atoms with E-state index in [1.54, 1.807) is 0 Å². The van der Waals surface area contributed by atoms with E-state index in [2.05, 4.69) is 216 Å². The van der Waals surface area contributed by atoms with Crippen LogP contribution in [-0.2, 0) is 0 Å². The van der Waals surface area contributed by atoms with Gasteiger partial charge in [-0.05, 0) is 150 Å². The number of hydrogen-bond donors (Lipinski definition) is 0. The van der Waals surface area contributed by atoms with Crippen molar-refractivity contribution >= 4 is 40.2 Å². The number of rotatable bonds is 10. The molecule has 0 bridgehead atoms. The predicted octanol–water partition coefficient (Wildman–Crippen LogP) is 15.6. The Bertz CT molecular complexity index is 2550. The highest BCUT2D eigenvalue weighted by Crippen LogP contribution is 2.41. The first-order valence-corrected chi connectivity index (χ1v) is 21.0. The summed E-state index contributed by atoms with van der Waals surface area (Å²) >= 11 is 0. The highest BCUT2D eigenvalue weighted by molar-refractivity contribution is 5.90. The van der Waals surface area contributed by atoms with Gasteiger partial charge in [0.25, 0.3) is 0 Å². The van der Waals surface area contributed by atoms with Gasteiger partial charge in [-0.15, -0.1) is 0 Å². The lowest BCUT2D eigenvalue weighted by Crippen LogP contribution is -2.30. The number of aryl methyl sites for hydroxylation is 1. The highest BCUT2D eigenvalue weighted by Gasteiger charge is 2.25. The summed E-state index contributed by atoms with van der Waals surface area (Å²) in [5.41, 5.74) is 20.8. The fraction of sp³-hybridized carbons (Fsp3) is 0.193. The molecule has 5 aromatic rings. The van der Waals surface area contributed by atoms with Crippen LogP contribution in [0.1, 0.15) is 79.0 Å². The maximum Gasteiger partial charge on any atom is 0.0565 e. The average Bonchev–Trinajstić information content (AvgIpc) is 3.26. The highest BCUT2D eigenvalue weighted by atomic mass is 15.2. The summed E-state index contributed by atoms with van der Waals surface area (Å²) in [5, 5.41) is 0. The minimum atomic E-state index is 0.156. The summed E-state index contributed by atoms with van der Waals surface area (Å²) < 4.78 is 0. The van der Waals surface area contributed by atoms with Gasteiger partial charge in [-0.1, -0.05) is 171 Å². The van der Waals surface area contributed by atoms with Crippen molar-refractivity contribution in [3.8, 4) is 11.1 Å². The Morgan fingerprint density at radius 1 is 0.672 bits per heavy atom. The van der Waals surface area contributed by atoms with Crippen molar-refractivity contribution < 1.29 is 0 Å². The third-order valence-corrected chi connectivity index (χ3v) is 12.7. The standard InChI is InChI=1S/C57H55N/c1-7-45-20-16-29-56(57(45)52-26-14-12-19-40(52)3)47-21-15-24-50(38-47)58(48-22-9-8-10-23-48)49-35-31-44(32-36-49)30-33-46-34-37-55(42(5)41(46)4)54-28-17-27-53(43(54)6)51-25-13-11-18-39(51)2/h7-13,15-23,25,27-38,41,46,50H,1,14,24,26H2,2-6H3/b33-30-. The van der Waals surface area contributed by atoms with E-state index in [0.29, 0.717) is 11.8 Å². The number of allylic oxidation sites excluding steroid dienone is 11. The molecule has 0 heterocycles. The average molecular weight is 754 g/mol. The minimum Gasteiger partial charge on any atom is -0.334 e. The van der Waals surface area contributed by atoms with Gasteiger partial charge in [0, 0.05) is 17.3 Å². The van der Waals surface area contributed by atoms with Crippen LogP contribution in [-0.4, -0.2) is 6.04 Å². The first kappa shape index (κ1) is 38.7. The predicted molar refractivity (Wildman–Crippen MR) is 253 cm³/mol. The molecule has 8 rings (SSSR count). The van der Waals surface area contributed by atoms with E-state index in [-0.39, 0.29) is 6.04 Å². The van der Waals surface area contributed by atoms with Crippen molar-refractivity contribution in [2.24, 2.45) is 11.8 Å². The van der Waals surface area contributed by atoms with Crippen LogP contribution in [0, 0.1) is 25.7 Å². The molecule has 0 radical (unpaired) electrons. The molecular formula is C57H55N. The normalized spacial score (nSPS) is 19.2. The Kier molecular flexibility index (Phi) is 11.4. The second kappa shape index (κ2) is 17.1. The third-order valence-electron chi connectivity index (χ3n) is 12.7. The molecule has 0 fully saturated rings. The van der Waals surface area contributed by atoms with Crippen LogP contribution in [0.5, 0.6) is 0 Å². The van der Waals surface area contributed by atoms with Crippen molar-refractivity contribution in [2.75, 3.05) is 4.90 Å². The van der Waals surface area contributed by atoms with Gasteiger partial charge in [-0.2, -0.15) is 0 Å². The summed E-state index contributed by atoms with van der Waals surface area (Å²) in [5.74, 6) is 0.726. The monoisotopic (exact) mass is 753 g/mol. The van der Waals surface area contributed by atoms with Crippen LogP contribution in [0.4, 0.5) is 11.4 Å². The molecule has 0 saturated carbocycles. The quantitative estimate of drug-likeness (QED) is 0.137. The van der Waals surface area contributed by atoms with E-state index < -0.39 is 0 Å². The van der Waals surface area contributed by atoms with E-state index in [0.717, 1.165) is 19.3 Å². The Hall–Kier alpha value is -6.18. The largest absolute Gasteiger partial charge is 0.334 e. The van der Waals surface area contributed by atoms with Crippen molar-refractivity contribution in [1.29, 1.82) is 0 Å². The molecule has 58 heavy (non-hydrogen) atoms. The van der Waals surface area contributed by atoms with Crippen molar-refractivity contribution in [2.45, 2.75) is 59.9 Å². The van der Waals surface area contributed by atoms with Gasteiger partial charge < -0.3 is 4.90 Å². The maximum absolute atomic E-state index is 4.21. The molecular weight excluding hydrogens is 699 g/mol. The van der Waals surface area contributed by atoms with Gasteiger partial charge in [-0.3, -0.25) is 0 Å². The molecule has 3 aliphatic rings. The lowest BCUT2D eigenvalue weighted by atomic mass is 9.77. The number of para-hydroxylation sites is 1. The first-order valence-electron chi connectivity index (χ1n) is 21.0. The molecule has 3 atom stereocenters. The van der Waals surface area contributed by atoms with Crippen LogP contribution in [0.15, 0.2) is 182 Å². The molecule has 0 amide bonds. The topological polar surface area (TPSA) is 3.24 Å². The van der Waals surface area contributed by atoms with Crippen LogP contribution in [0.25, 0.3) is 40.0 Å². The summed E-state index contributed by atoms with van der Waals surface area (Å²) in [6.45, 7) is 15.6. The van der Waals surface area contributed by atoms with Gasteiger partial charge in [0.1, 0.15) is 0 Å². The van der Waals surface area contributed by atoms with Crippen molar-refractivity contribution in [1.82, 2.24) is 0 Å². The minimum absolute atomic E-state index is 0.156. The summed E-state index contributed by atoms with van der Waals surface area (Å²) in [7, 11) is 0. The number of nitrogens with zero attached hydrogens (tertiary/aromatic N) is 1. The molecule has 0 spiro atoms. The zero-order valence-electron chi connectivity index (χ0n) is 34.8. The van der Waals surface area contributed by atoms with E-state index in [9.17, 15) is 0 Å². The van der Waals surface area contributed by atoms with Crippen LogP contribution >= 0.6 is 0 Å². The summed E-state index contributed by atoms with van der Waals surface area (Å²) in [4.78, 5) is 2.50. The van der Waals surface area contributed by atoms with Crippen molar-refractivity contribution in [3.63, 3.8) is 0 Å². The fourth-order valence-corrected chi connectivity index (χ4v) is 9.21. The van der Waals surface area contributed by atoms with Gasteiger partial charge in [-0.25, -0.2) is 0 Å². The molecule has 0 N–H and O–H groups in total. The maximum atomic E-state index is 4.21. The third kappa shape index (κ3) is 7.74. The molecule has 3 aliphatic carbocycles. The molecule has 288 valence electrons. The zero-order valence-corrected chi connectivity index (χ0v) is 34.8. The second-order valence-corrected chi connectivity index (χ2v) is 16.2. The van der Waals surface area contributed by atoms with Crippen LogP contribution < -0.4 is 4.90 Å². The molecule has 0 aliphatic heterocycles. The van der Waals surface area contributed by atoms with Crippen LogP contribution in [0.3, 0.4) is 0 Å². The van der Waals surface area contributed by atoms with Crippen molar-refractivity contribution in [3.05, 3.63) is 221 Å². The van der Waals surface area contributed by atoms with Gasteiger partial charge >= 0.3 is 0 Å². The lowest BCUT2D eigenvalue weighted by molar-refractivity contribution is 0.575. The molecule has 1 heteroatoms. The van der Waals surface area contributed by atoms with E-state index in [1.165, 1.54) is 89.3 Å². The summed E-state index contributed by atoms with van der Waals surface area (Å²) in [6, 6.07) is 42.3.